The predicted octanol–water partition coefficient (Wildman–Crippen LogP) is 2.76. The highest BCUT2D eigenvalue weighted by Gasteiger charge is 2.13. The number of hydrogen-bond acceptors (Lipinski definition) is 4. The zero-order chi connectivity index (χ0) is 14.0. The van der Waals surface area contributed by atoms with Crippen molar-refractivity contribution >= 4 is 40.6 Å². The Labute approximate surface area is 117 Å². The minimum absolute atomic E-state index is 0.0587. The molecule has 0 unspecified atom stereocenters. The molecule has 3 N–H and O–H groups in total. The number of benzene rings is 1. The zero-order valence-corrected chi connectivity index (χ0v) is 10.8. The lowest BCUT2D eigenvalue weighted by atomic mass is 10.2. The first-order valence-corrected chi connectivity index (χ1v) is 5.78. The van der Waals surface area contributed by atoms with E-state index in [0.717, 1.165) is 6.07 Å². The Kier molecular flexibility index (Phi) is 3.82. The van der Waals surface area contributed by atoms with E-state index in [-0.39, 0.29) is 27.5 Å². The van der Waals surface area contributed by atoms with Gasteiger partial charge in [-0.1, -0.05) is 11.6 Å². The first-order valence-electron chi connectivity index (χ1n) is 5.02. The molecule has 2 aromatic rings. The summed E-state index contributed by atoms with van der Waals surface area (Å²) in [6, 6.07) is 4.96. The third-order valence-electron chi connectivity index (χ3n) is 2.14. The Bertz CT molecular complexity index is 630. The number of nitrogens with one attached hydrogen (secondary N) is 1. The molecule has 1 heterocycles. The van der Waals surface area contributed by atoms with E-state index >= 15 is 0 Å². The van der Waals surface area contributed by atoms with E-state index in [9.17, 15) is 9.18 Å². The Balaban J connectivity index is 2.28. The summed E-state index contributed by atoms with van der Waals surface area (Å²) < 4.78 is 13.5. The van der Waals surface area contributed by atoms with Crippen molar-refractivity contribution in [2.45, 2.75) is 0 Å². The van der Waals surface area contributed by atoms with E-state index in [2.05, 4.69) is 15.3 Å². The van der Waals surface area contributed by atoms with Crippen molar-refractivity contribution in [3.63, 3.8) is 0 Å². The molecule has 98 valence electrons. The van der Waals surface area contributed by atoms with Crippen molar-refractivity contribution in [2.24, 2.45) is 0 Å². The minimum atomic E-state index is -0.712. The summed E-state index contributed by atoms with van der Waals surface area (Å²) >= 11 is 11.2. The van der Waals surface area contributed by atoms with Crippen molar-refractivity contribution in [2.75, 3.05) is 11.1 Å². The molecule has 8 heteroatoms. The van der Waals surface area contributed by atoms with E-state index in [1.165, 1.54) is 18.2 Å². The largest absolute Gasteiger partial charge is 0.399 e. The second-order valence-corrected chi connectivity index (χ2v) is 4.26. The topological polar surface area (TPSA) is 80.9 Å². The molecule has 5 nitrogen and oxygen atoms in total. The monoisotopic (exact) mass is 300 g/mol. The van der Waals surface area contributed by atoms with Crippen LogP contribution in [0.4, 0.5) is 15.9 Å². The fourth-order valence-corrected chi connectivity index (χ4v) is 1.76. The number of anilines is 2. The van der Waals surface area contributed by atoms with Crippen LogP contribution < -0.4 is 11.1 Å². The van der Waals surface area contributed by atoms with Gasteiger partial charge in [-0.05, 0) is 29.8 Å². The lowest BCUT2D eigenvalue weighted by molar-refractivity contribution is 0.102. The van der Waals surface area contributed by atoms with E-state index < -0.39 is 11.7 Å². The van der Waals surface area contributed by atoms with Gasteiger partial charge in [-0.3, -0.25) is 4.79 Å². The highest BCUT2D eigenvalue weighted by molar-refractivity contribution is 6.32. The quantitative estimate of drug-likeness (QED) is 0.508. The summed E-state index contributed by atoms with van der Waals surface area (Å²) in [7, 11) is 0. The summed E-state index contributed by atoms with van der Waals surface area (Å²) in [6.45, 7) is 0. The molecule has 0 bridgehead atoms. The minimum Gasteiger partial charge on any atom is -0.399 e. The molecule has 1 amide bonds. The van der Waals surface area contributed by atoms with E-state index in [1.807, 2.05) is 0 Å². The second kappa shape index (κ2) is 5.38. The van der Waals surface area contributed by atoms with Gasteiger partial charge in [0.25, 0.3) is 5.91 Å². The number of amides is 1. The van der Waals surface area contributed by atoms with Gasteiger partial charge in [0.15, 0.2) is 0 Å². The van der Waals surface area contributed by atoms with Gasteiger partial charge in [0.1, 0.15) is 16.8 Å². The number of halogens is 3. The van der Waals surface area contributed by atoms with Crippen LogP contribution in [0.5, 0.6) is 0 Å². The smallest absolute Gasteiger partial charge is 0.259 e. The Hall–Kier alpha value is -1.92. The van der Waals surface area contributed by atoms with Crippen molar-refractivity contribution in [3.8, 4) is 0 Å². The predicted molar refractivity (Wildman–Crippen MR) is 70.8 cm³/mol. The van der Waals surface area contributed by atoms with Gasteiger partial charge in [-0.15, -0.1) is 0 Å². The molecule has 1 aromatic carbocycles. The molecule has 0 aliphatic rings. The molecular formula is C11H7Cl2FN4O. The van der Waals surface area contributed by atoms with Crippen molar-refractivity contribution in [1.29, 1.82) is 0 Å². The average Bonchev–Trinajstić information content (AvgIpc) is 2.30. The maximum Gasteiger partial charge on any atom is 0.259 e. The Morgan fingerprint density at radius 3 is 2.68 bits per heavy atom. The van der Waals surface area contributed by atoms with Crippen LogP contribution in [-0.2, 0) is 0 Å². The molecule has 0 fully saturated rings. The van der Waals surface area contributed by atoms with Gasteiger partial charge < -0.3 is 11.1 Å². The molecule has 0 atom stereocenters. The summed E-state index contributed by atoms with van der Waals surface area (Å²) in [5.74, 6) is -1.34. The van der Waals surface area contributed by atoms with Gasteiger partial charge >= 0.3 is 0 Å². The fraction of sp³-hybridized carbons (Fsp3) is 0. The molecule has 0 radical (unpaired) electrons. The van der Waals surface area contributed by atoms with Gasteiger partial charge in [-0.2, -0.15) is 0 Å². The molecule has 0 saturated carbocycles. The number of carbonyl (C=O) groups excluding carboxylic acids is 1. The molecule has 0 saturated heterocycles. The van der Waals surface area contributed by atoms with Crippen molar-refractivity contribution in [3.05, 3.63) is 46.1 Å². The summed E-state index contributed by atoms with van der Waals surface area (Å²) in [6.07, 6.45) is 0. The van der Waals surface area contributed by atoms with E-state index in [4.69, 9.17) is 28.9 Å². The second-order valence-electron chi connectivity index (χ2n) is 3.54. The lowest BCUT2D eigenvalue weighted by Crippen LogP contribution is -2.15. The van der Waals surface area contributed by atoms with Crippen LogP contribution in [0.25, 0.3) is 0 Å². The maximum atomic E-state index is 13.5. The molecular weight excluding hydrogens is 294 g/mol. The number of hydrogen-bond donors (Lipinski definition) is 2. The molecule has 2 rings (SSSR count). The van der Waals surface area contributed by atoms with Crippen molar-refractivity contribution < 1.29 is 9.18 Å². The number of nitrogen functional groups attached to an aromatic ring is 1. The normalized spacial score (nSPS) is 10.3. The Morgan fingerprint density at radius 1 is 1.26 bits per heavy atom. The first-order chi connectivity index (χ1) is 8.95. The van der Waals surface area contributed by atoms with Crippen molar-refractivity contribution in [1.82, 2.24) is 9.97 Å². The van der Waals surface area contributed by atoms with E-state index in [1.54, 1.807) is 0 Å². The zero-order valence-electron chi connectivity index (χ0n) is 9.32. The summed E-state index contributed by atoms with van der Waals surface area (Å²) in [4.78, 5) is 19.2. The van der Waals surface area contributed by atoms with Gasteiger partial charge in [0, 0.05) is 11.8 Å². The SMILES string of the molecule is Nc1ccc(F)c(C(=O)Nc2cc(Cl)nc(Cl)n2)c1. The van der Waals surface area contributed by atoms with Crippen LogP contribution in [0.2, 0.25) is 10.4 Å². The molecule has 0 aliphatic heterocycles. The standard InChI is InChI=1S/C11H7Cl2FN4O/c12-8-4-9(18-11(13)16-8)17-10(19)6-3-5(15)1-2-7(6)14/h1-4H,15H2,(H,16,17,18,19). The van der Waals surface area contributed by atoms with Gasteiger partial charge in [0.2, 0.25) is 5.28 Å². The van der Waals surface area contributed by atoms with Crippen LogP contribution in [0.3, 0.4) is 0 Å². The average molecular weight is 301 g/mol. The molecule has 19 heavy (non-hydrogen) atoms. The lowest BCUT2D eigenvalue weighted by Gasteiger charge is -2.06. The van der Waals surface area contributed by atoms with Crippen LogP contribution in [0.1, 0.15) is 10.4 Å². The highest BCUT2D eigenvalue weighted by atomic mass is 35.5. The number of carbonyl (C=O) groups is 1. The number of nitrogens with two attached hydrogens (primary N) is 1. The third kappa shape index (κ3) is 3.30. The van der Waals surface area contributed by atoms with Gasteiger partial charge in [-0.25, -0.2) is 14.4 Å². The molecule has 0 spiro atoms. The number of rotatable bonds is 2. The van der Waals surface area contributed by atoms with E-state index in [0.29, 0.717) is 0 Å². The summed E-state index contributed by atoms with van der Waals surface area (Å²) in [5, 5.41) is 2.28. The fourth-order valence-electron chi connectivity index (χ4n) is 1.35. The number of aromatic nitrogens is 2. The maximum absolute atomic E-state index is 13.5. The Morgan fingerprint density at radius 2 is 2.00 bits per heavy atom. The highest BCUT2D eigenvalue weighted by Crippen LogP contribution is 2.17. The number of nitrogens with zero attached hydrogens (tertiary/aromatic N) is 2. The first kappa shape index (κ1) is 13.5. The van der Waals surface area contributed by atoms with Crippen LogP contribution in [-0.4, -0.2) is 15.9 Å². The molecule has 0 aliphatic carbocycles. The van der Waals surface area contributed by atoms with Crippen LogP contribution in [0, 0.1) is 5.82 Å². The van der Waals surface area contributed by atoms with Crippen LogP contribution in [0.15, 0.2) is 24.3 Å². The third-order valence-corrected chi connectivity index (χ3v) is 2.51. The van der Waals surface area contributed by atoms with Crippen LogP contribution >= 0.6 is 23.2 Å². The summed E-state index contributed by atoms with van der Waals surface area (Å²) in [5.41, 5.74) is 5.56. The molecule has 1 aromatic heterocycles. The van der Waals surface area contributed by atoms with Gasteiger partial charge in [0.05, 0.1) is 5.56 Å².